The molecule has 0 aliphatic carbocycles. The number of benzene rings is 1. The lowest BCUT2D eigenvalue weighted by atomic mass is 10.2. The summed E-state index contributed by atoms with van der Waals surface area (Å²) in [7, 11) is 0. The second-order valence-corrected chi connectivity index (χ2v) is 6.30. The first-order valence-electron chi connectivity index (χ1n) is 5.03. The molecule has 1 nitrogen and oxygen atoms in total. The lowest BCUT2D eigenvalue weighted by Crippen LogP contribution is -2.11. The van der Waals surface area contributed by atoms with E-state index in [1.54, 1.807) is 17.4 Å². The van der Waals surface area contributed by atoms with Gasteiger partial charge in [-0.05, 0) is 51.1 Å². The SMILES string of the molecule is Clc1cc(Cl)cc(CNCc2sccc2Br)c1. The minimum Gasteiger partial charge on any atom is -0.308 e. The summed E-state index contributed by atoms with van der Waals surface area (Å²) in [6, 6.07) is 7.63. The first-order valence-corrected chi connectivity index (χ1v) is 7.45. The summed E-state index contributed by atoms with van der Waals surface area (Å²) >= 11 is 17.1. The Bertz CT molecular complexity index is 493. The number of halogens is 3. The van der Waals surface area contributed by atoms with Crippen LogP contribution in [0.3, 0.4) is 0 Å². The van der Waals surface area contributed by atoms with Crippen LogP contribution in [0.4, 0.5) is 0 Å². The van der Waals surface area contributed by atoms with Crippen molar-refractivity contribution in [2.75, 3.05) is 0 Å². The molecule has 0 aliphatic rings. The predicted octanol–water partition coefficient (Wildman–Crippen LogP) is 5.11. The highest BCUT2D eigenvalue weighted by Gasteiger charge is 2.02. The van der Waals surface area contributed by atoms with Crippen molar-refractivity contribution in [3.63, 3.8) is 0 Å². The standard InChI is InChI=1S/C12H10BrCl2NS/c13-11-1-2-17-12(11)7-16-6-8-3-9(14)5-10(15)4-8/h1-5,16H,6-7H2. The van der Waals surface area contributed by atoms with E-state index < -0.39 is 0 Å². The summed E-state index contributed by atoms with van der Waals surface area (Å²) < 4.78 is 1.15. The topological polar surface area (TPSA) is 12.0 Å². The zero-order chi connectivity index (χ0) is 12.3. The third kappa shape index (κ3) is 3.97. The van der Waals surface area contributed by atoms with E-state index in [0.717, 1.165) is 23.1 Å². The summed E-state index contributed by atoms with van der Waals surface area (Å²) in [6.45, 7) is 1.59. The molecule has 0 spiro atoms. The molecular formula is C12H10BrCl2NS. The van der Waals surface area contributed by atoms with E-state index in [1.807, 2.05) is 12.1 Å². The molecule has 2 aromatic rings. The van der Waals surface area contributed by atoms with Crippen LogP contribution in [0.1, 0.15) is 10.4 Å². The third-order valence-corrected chi connectivity index (χ3v) is 4.59. The Hall–Kier alpha value is -0.0600. The maximum atomic E-state index is 5.94. The molecule has 2 rings (SSSR count). The van der Waals surface area contributed by atoms with Crippen molar-refractivity contribution >= 4 is 50.5 Å². The fraction of sp³-hybridized carbons (Fsp3) is 0.167. The maximum absolute atomic E-state index is 5.94. The highest BCUT2D eigenvalue weighted by atomic mass is 79.9. The average molecular weight is 351 g/mol. The van der Waals surface area contributed by atoms with Gasteiger partial charge in [0, 0.05) is 32.5 Å². The number of hydrogen-bond donors (Lipinski definition) is 1. The van der Waals surface area contributed by atoms with Crippen LogP contribution in [0, 0.1) is 0 Å². The van der Waals surface area contributed by atoms with Crippen molar-refractivity contribution < 1.29 is 0 Å². The Labute approximate surface area is 123 Å². The van der Waals surface area contributed by atoms with Crippen LogP contribution in [-0.4, -0.2) is 0 Å². The second kappa shape index (κ2) is 6.21. The Morgan fingerprint density at radius 1 is 1.12 bits per heavy atom. The molecule has 0 radical (unpaired) electrons. The van der Waals surface area contributed by atoms with E-state index in [4.69, 9.17) is 23.2 Å². The Morgan fingerprint density at radius 3 is 2.41 bits per heavy atom. The molecule has 0 fully saturated rings. The monoisotopic (exact) mass is 349 g/mol. The van der Waals surface area contributed by atoms with Gasteiger partial charge in [0.15, 0.2) is 0 Å². The summed E-state index contributed by atoms with van der Waals surface area (Å²) in [5, 5.41) is 6.77. The van der Waals surface area contributed by atoms with Crippen molar-refractivity contribution in [1.29, 1.82) is 0 Å². The van der Waals surface area contributed by atoms with E-state index in [0.29, 0.717) is 10.0 Å². The molecule has 1 aromatic carbocycles. The van der Waals surface area contributed by atoms with Crippen molar-refractivity contribution in [3.8, 4) is 0 Å². The van der Waals surface area contributed by atoms with Gasteiger partial charge in [0.25, 0.3) is 0 Å². The molecule has 90 valence electrons. The van der Waals surface area contributed by atoms with Gasteiger partial charge in [-0.25, -0.2) is 0 Å². The molecule has 0 unspecified atom stereocenters. The second-order valence-electron chi connectivity index (χ2n) is 3.57. The zero-order valence-electron chi connectivity index (χ0n) is 8.84. The minimum absolute atomic E-state index is 0.673. The number of hydrogen-bond acceptors (Lipinski definition) is 2. The highest BCUT2D eigenvalue weighted by molar-refractivity contribution is 9.10. The molecule has 5 heteroatoms. The lowest BCUT2D eigenvalue weighted by Gasteiger charge is -2.05. The van der Waals surface area contributed by atoms with Crippen LogP contribution < -0.4 is 5.32 Å². The molecule has 0 atom stereocenters. The number of thiophene rings is 1. The fourth-order valence-electron chi connectivity index (χ4n) is 1.48. The average Bonchev–Trinajstić information content (AvgIpc) is 2.63. The van der Waals surface area contributed by atoms with Crippen molar-refractivity contribution in [2.45, 2.75) is 13.1 Å². The largest absolute Gasteiger partial charge is 0.308 e. The van der Waals surface area contributed by atoms with Crippen LogP contribution in [0.5, 0.6) is 0 Å². The van der Waals surface area contributed by atoms with Gasteiger partial charge in [0.05, 0.1) is 0 Å². The molecule has 1 N–H and O–H groups in total. The summed E-state index contributed by atoms with van der Waals surface area (Å²) in [5.74, 6) is 0. The highest BCUT2D eigenvalue weighted by Crippen LogP contribution is 2.23. The molecule has 0 bridgehead atoms. The van der Waals surface area contributed by atoms with Gasteiger partial charge in [-0.3, -0.25) is 0 Å². The van der Waals surface area contributed by atoms with Gasteiger partial charge in [0.1, 0.15) is 0 Å². The lowest BCUT2D eigenvalue weighted by molar-refractivity contribution is 0.699. The molecule has 1 heterocycles. The van der Waals surface area contributed by atoms with Gasteiger partial charge in [-0.2, -0.15) is 0 Å². The Morgan fingerprint density at radius 2 is 1.82 bits per heavy atom. The minimum atomic E-state index is 0.673. The molecule has 0 saturated heterocycles. The predicted molar refractivity (Wildman–Crippen MR) is 79.0 cm³/mol. The van der Waals surface area contributed by atoms with E-state index in [1.165, 1.54) is 4.88 Å². The Balaban J connectivity index is 1.92. The molecular weight excluding hydrogens is 341 g/mol. The number of rotatable bonds is 4. The summed E-state index contributed by atoms with van der Waals surface area (Å²) in [5.41, 5.74) is 1.09. The molecule has 0 amide bonds. The van der Waals surface area contributed by atoms with Crippen LogP contribution in [0.15, 0.2) is 34.1 Å². The van der Waals surface area contributed by atoms with Crippen LogP contribution in [-0.2, 0) is 13.1 Å². The summed E-state index contributed by atoms with van der Waals surface area (Å²) in [4.78, 5) is 1.29. The van der Waals surface area contributed by atoms with E-state index >= 15 is 0 Å². The van der Waals surface area contributed by atoms with E-state index in [2.05, 4.69) is 32.7 Å². The van der Waals surface area contributed by atoms with E-state index in [9.17, 15) is 0 Å². The van der Waals surface area contributed by atoms with Crippen molar-refractivity contribution in [2.24, 2.45) is 0 Å². The fourth-order valence-corrected chi connectivity index (χ4v) is 3.52. The van der Waals surface area contributed by atoms with Gasteiger partial charge in [-0.1, -0.05) is 23.2 Å². The maximum Gasteiger partial charge on any atom is 0.0424 e. The molecule has 1 aromatic heterocycles. The van der Waals surface area contributed by atoms with Crippen LogP contribution in [0.2, 0.25) is 10.0 Å². The molecule has 17 heavy (non-hydrogen) atoms. The Kier molecular flexibility index (Phi) is 4.88. The van der Waals surface area contributed by atoms with Gasteiger partial charge >= 0.3 is 0 Å². The molecule has 0 saturated carbocycles. The first kappa shape index (κ1) is 13.4. The third-order valence-electron chi connectivity index (χ3n) is 2.23. The van der Waals surface area contributed by atoms with E-state index in [-0.39, 0.29) is 0 Å². The zero-order valence-corrected chi connectivity index (χ0v) is 12.8. The smallest absolute Gasteiger partial charge is 0.0424 e. The van der Waals surface area contributed by atoms with Crippen molar-refractivity contribution in [3.05, 3.63) is 54.6 Å². The quantitative estimate of drug-likeness (QED) is 0.808. The van der Waals surface area contributed by atoms with Gasteiger partial charge in [-0.15, -0.1) is 11.3 Å². The number of nitrogens with one attached hydrogen (secondary N) is 1. The first-order chi connectivity index (χ1) is 8.15. The summed E-state index contributed by atoms with van der Waals surface area (Å²) in [6.07, 6.45) is 0. The van der Waals surface area contributed by atoms with Crippen LogP contribution in [0.25, 0.3) is 0 Å². The van der Waals surface area contributed by atoms with Gasteiger partial charge in [0.2, 0.25) is 0 Å². The van der Waals surface area contributed by atoms with Gasteiger partial charge < -0.3 is 5.32 Å². The van der Waals surface area contributed by atoms with Crippen LogP contribution >= 0.6 is 50.5 Å². The normalized spacial score (nSPS) is 10.8. The van der Waals surface area contributed by atoms with Crippen molar-refractivity contribution in [1.82, 2.24) is 5.32 Å². The molecule has 0 aliphatic heterocycles.